The highest BCUT2D eigenvalue weighted by molar-refractivity contribution is 7.89. The van der Waals surface area contributed by atoms with Crippen LogP contribution in [0, 0.1) is 17.7 Å². The van der Waals surface area contributed by atoms with Crippen LogP contribution in [0.5, 0.6) is 0 Å². The normalized spacial score (nSPS) is 19.3. The molecule has 1 aromatic rings. The van der Waals surface area contributed by atoms with Crippen LogP contribution < -0.4 is 5.73 Å². The second kappa shape index (κ2) is 6.56. The maximum Gasteiger partial charge on any atom is 0.246 e. The molecule has 1 unspecified atom stereocenters. The van der Waals surface area contributed by atoms with Crippen molar-refractivity contribution in [2.45, 2.75) is 37.1 Å². The Morgan fingerprint density at radius 2 is 2.24 bits per heavy atom. The molecule has 6 heteroatoms. The summed E-state index contributed by atoms with van der Waals surface area (Å²) in [5.74, 6) is 4.54. The van der Waals surface area contributed by atoms with E-state index in [2.05, 4.69) is 11.8 Å². The lowest BCUT2D eigenvalue weighted by molar-refractivity contribution is 0.377. The van der Waals surface area contributed by atoms with Crippen LogP contribution >= 0.6 is 0 Å². The third-order valence-electron chi connectivity index (χ3n) is 3.65. The lowest BCUT2D eigenvalue weighted by atomic mass is 10.2. The lowest BCUT2D eigenvalue weighted by Gasteiger charge is -2.23. The molecule has 0 saturated carbocycles. The first kappa shape index (κ1) is 16.0. The topological polar surface area (TPSA) is 63.4 Å². The van der Waals surface area contributed by atoms with Gasteiger partial charge in [-0.2, -0.15) is 4.31 Å². The zero-order valence-corrected chi connectivity index (χ0v) is 12.8. The van der Waals surface area contributed by atoms with Crippen molar-refractivity contribution in [1.82, 2.24) is 4.31 Å². The molecule has 0 bridgehead atoms. The molecular weight excluding hydrogens is 291 g/mol. The van der Waals surface area contributed by atoms with Crippen LogP contribution in [0.3, 0.4) is 0 Å². The molecule has 21 heavy (non-hydrogen) atoms. The Morgan fingerprint density at radius 1 is 1.48 bits per heavy atom. The van der Waals surface area contributed by atoms with E-state index in [9.17, 15) is 12.8 Å². The van der Waals surface area contributed by atoms with Crippen molar-refractivity contribution in [3.05, 3.63) is 29.6 Å². The van der Waals surface area contributed by atoms with E-state index in [0.717, 1.165) is 25.3 Å². The molecule has 4 nitrogen and oxygen atoms in total. The lowest BCUT2D eigenvalue weighted by Crippen LogP contribution is -2.35. The smallest absolute Gasteiger partial charge is 0.246 e. The second-order valence-electron chi connectivity index (χ2n) is 4.97. The summed E-state index contributed by atoms with van der Waals surface area (Å²) < 4.78 is 40.7. The van der Waals surface area contributed by atoms with Crippen LogP contribution in [0.2, 0.25) is 0 Å². The monoisotopic (exact) mass is 310 g/mol. The van der Waals surface area contributed by atoms with Crippen molar-refractivity contribution < 1.29 is 12.8 Å². The summed E-state index contributed by atoms with van der Waals surface area (Å²) >= 11 is 0. The fourth-order valence-electron chi connectivity index (χ4n) is 2.60. The van der Waals surface area contributed by atoms with E-state index in [1.165, 1.54) is 16.4 Å². The minimum absolute atomic E-state index is 0.0360. The van der Waals surface area contributed by atoms with E-state index in [-0.39, 0.29) is 17.5 Å². The van der Waals surface area contributed by atoms with E-state index in [4.69, 9.17) is 5.73 Å². The molecule has 114 valence electrons. The molecule has 0 aromatic heterocycles. The van der Waals surface area contributed by atoms with E-state index in [0.29, 0.717) is 12.1 Å². The number of rotatable bonds is 3. The molecule has 1 aliphatic rings. The largest absolute Gasteiger partial charge is 0.320 e. The standard InChI is InChI=1S/C15H19FN2O2S/c1-2-13-6-4-10-18(13)21(19,20)15-8-7-12(5-3-9-17)11-14(15)16/h7-8,11,13H,2,4,6,9-10,17H2,1H3. The van der Waals surface area contributed by atoms with Crippen molar-refractivity contribution in [1.29, 1.82) is 0 Å². The summed E-state index contributed by atoms with van der Waals surface area (Å²) in [6, 6.07) is 3.91. The fourth-order valence-corrected chi connectivity index (χ4v) is 4.42. The molecule has 0 aliphatic carbocycles. The molecule has 1 aromatic carbocycles. The minimum Gasteiger partial charge on any atom is -0.320 e. The Bertz CT molecular complexity index is 677. The Labute approximate surface area is 125 Å². The van der Waals surface area contributed by atoms with Crippen LogP contribution in [0.4, 0.5) is 4.39 Å². The molecule has 2 N–H and O–H groups in total. The van der Waals surface area contributed by atoms with E-state index in [1.807, 2.05) is 6.92 Å². The average molecular weight is 310 g/mol. The van der Waals surface area contributed by atoms with Gasteiger partial charge in [0.05, 0.1) is 6.54 Å². The first-order chi connectivity index (χ1) is 10.0. The molecule has 1 saturated heterocycles. The van der Waals surface area contributed by atoms with Gasteiger partial charge in [0.15, 0.2) is 0 Å². The number of sulfonamides is 1. The quantitative estimate of drug-likeness (QED) is 0.864. The summed E-state index contributed by atoms with van der Waals surface area (Å²) in [5, 5.41) is 0. The molecule has 0 spiro atoms. The van der Waals surface area contributed by atoms with Gasteiger partial charge in [0, 0.05) is 18.2 Å². The highest BCUT2D eigenvalue weighted by atomic mass is 32.2. The maximum atomic E-state index is 14.2. The Hall–Kier alpha value is -1.42. The van der Waals surface area contributed by atoms with Gasteiger partial charge in [0.1, 0.15) is 10.7 Å². The molecule has 0 radical (unpaired) electrons. The van der Waals surface area contributed by atoms with Crippen LogP contribution in [-0.4, -0.2) is 31.9 Å². The summed E-state index contributed by atoms with van der Waals surface area (Å²) in [6.07, 6.45) is 2.39. The molecule has 0 amide bonds. The van der Waals surface area contributed by atoms with Crippen molar-refractivity contribution in [2.75, 3.05) is 13.1 Å². The third kappa shape index (κ3) is 3.26. The average Bonchev–Trinajstić information content (AvgIpc) is 2.94. The van der Waals surface area contributed by atoms with Gasteiger partial charge < -0.3 is 5.73 Å². The molecular formula is C15H19FN2O2S. The first-order valence-corrected chi connectivity index (χ1v) is 8.45. The van der Waals surface area contributed by atoms with E-state index in [1.54, 1.807) is 0 Å². The summed E-state index contributed by atoms with van der Waals surface area (Å²) in [6.45, 7) is 2.57. The minimum atomic E-state index is -3.78. The summed E-state index contributed by atoms with van der Waals surface area (Å²) in [4.78, 5) is -0.277. The number of nitrogens with zero attached hydrogens (tertiary/aromatic N) is 1. The Morgan fingerprint density at radius 3 is 2.86 bits per heavy atom. The number of nitrogens with two attached hydrogens (primary N) is 1. The Kier molecular flexibility index (Phi) is 4.99. The van der Waals surface area contributed by atoms with Crippen LogP contribution in [0.15, 0.2) is 23.1 Å². The van der Waals surface area contributed by atoms with Gasteiger partial charge in [-0.15, -0.1) is 0 Å². The van der Waals surface area contributed by atoms with Gasteiger partial charge in [-0.1, -0.05) is 18.8 Å². The zero-order valence-electron chi connectivity index (χ0n) is 12.0. The van der Waals surface area contributed by atoms with Crippen LogP contribution in [0.1, 0.15) is 31.7 Å². The summed E-state index contributed by atoms with van der Waals surface area (Å²) in [5.41, 5.74) is 5.68. The van der Waals surface area contributed by atoms with Gasteiger partial charge in [-0.3, -0.25) is 0 Å². The molecule has 1 atom stereocenters. The predicted molar refractivity (Wildman–Crippen MR) is 79.5 cm³/mol. The number of benzene rings is 1. The predicted octanol–water partition coefficient (Wildman–Crippen LogP) is 1.70. The van der Waals surface area contributed by atoms with Gasteiger partial charge in [0.2, 0.25) is 10.0 Å². The number of hydrogen-bond donors (Lipinski definition) is 1. The fraction of sp³-hybridized carbons (Fsp3) is 0.467. The second-order valence-corrected chi connectivity index (χ2v) is 6.83. The van der Waals surface area contributed by atoms with Crippen molar-refractivity contribution in [3.63, 3.8) is 0 Å². The van der Waals surface area contributed by atoms with Crippen LogP contribution in [-0.2, 0) is 10.0 Å². The molecule has 2 rings (SSSR count). The van der Waals surface area contributed by atoms with E-state index >= 15 is 0 Å². The van der Waals surface area contributed by atoms with Crippen LogP contribution in [0.25, 0.3) is 0 Å². The van der Waals surface area contributed by atoms with Gasteiger partial charge in [-0.25, -0.2) is 12.8 Å². The highest BCUT2D eigenvalue weighted by Crippen LogP contribution is 2.29. The molecule has 1 fully saturated rings. The third-order valence-corrected chi connectivity index (χ3v) is 5.63. The van der Waals surface area contributed by atoms with Gasteiger partial charge in [0.25, 0.3) is 0 Å². The maximum absolute atomic E-state index is 14.2. The number of hydrogen-bond acceptors (Lipinski definition) is 3. The number of halogens is 1. The zero-order chi connectivity index (χ0) is 15.5. The van der Waals surface area contributed by atoms with Gasteiger partial charge in [-0.05, 0) is 37.5 Å². The van der Waals surface area contributed by atoms with Crippen molar-refractivity contribution >= 4 is 10.0 Å². The summed E-state index contributed by atoms with van der Waals surface area (Å²) in [7, 11) is -3.78. The molecule has 1 heterocycles. The van der Waals surface area contributed by atoms with Gasteiger partial charge >= 0.3 is 0 Å². The SMILES string of the molecule is CCC1CCCN1S(=O)(=O)c1ccc(C#CCN)cc1F. The van der Waals surface area contributed by atoms with Crippen molar-refractivity contribution in [2.24, 2.45) is 5.73 Å². The first-order valence-electron chi connectivity index (χ1n) is 7.01. The Balaban J connectivity index is 2.37. The highest BCUT2D eigenvalue weighted by Gasteiger charge is 2.35. The van der Waals surface area contributed by atoms with Crippen molar-refractivity contribution in [3.8, 4) is 11.8 Å². The molecule has 1 aliphatic heterocycles. The van der Waals surface area contributed by atoms with E-state index < -0.39 is 15.8 Å².